The number of benzene rings is 1. The Kier molecular flexibility index (Phi) is 3.86. The number of rotatable bonds is 1. The molecule has 2 atom stereocenters. The molecule has 0 aliphatic carbocycles. The number of piperidine rings is 1. The van der Waals surface area contributed by atoms with Crippen molar-refractivity contribution in [3.05, 3.63) is 41.8 Å². The number of nitrogens with zero attached hydrogens (tertiary/aromatic N) is 3. The van der Waals surface area contributed by atoms with E-state index in [1.165, 1.54) is 0 Å². The zero-order chi connectivity index (χ0) is 16.6. The van der Waals surface area contributed by atoms with Crippen LogP contribution in [0, 0.1) is 17.2 Å². The number of aromatic nitrogens is 1. The monoisotopic (exact) mass is 319 g/mol. The van der Waals surface area contributed by atoms with Crippen LogP contribution in [0.3, 0.4) is 0 Å². The largest absolute Gasteiger partial charge is 0.673 e. The van der Waals surface area contributed by atoms with Crippen molar-refractivity contribution in [2.24, 2.45) is 5.92 Å². The Labute approximate surface area is 131 Å². The predicted octanol–water partition coefficient (Wildman–Crippen LogP) is 3.92. The SMILES string of the molecule is N#Cc1ccc(N2C[C@H]([NH-])C[C@H](C(F)(F)F)C2)c2cccnc12. The minimum Gasteiger partial charge on any atom is -0.673 e. The molecule has 0 spiro atoms. The zero-order valence-corrected chi connectivity index (χ0v) is 12.1. The highest BCUT2D eigenvalue weighted by atomic mass is 19.4. The summed E-state index contributed by atoms with van der Waals surface area (Å²) in [5.74, 6) is -1.51. The van der Waals surface area contributed by atoms with Gasteiger partial charge in [-0.1, -0.05) is 6.42 Å². The van der Waals surface area contributed by atoms with Gasteiger partial charge in [-0.3, -0.25) is 4.98 Å². The molecule has 1 fully saturated rings. The van der Waals surface area contributed by atoms with Gasteiger partial charge >= 0.3 is 6.18 Å². The van der Waals surface area contributed by atoms with Crippen LogP contribution in [-0.4, -0.2) is 30.3 Å². The van der Waals surface area contributed by atoms with Crippen molar-refractivity contribution in [3.63, 3.8) is 0 Å². The van der Waals surface area contributed by atoms with Gasteiger partial charge in [-0.05, 0) is 24.3 Å². The van der Waals surface area contributed by atoms with Crippen LogP contribution < -0.4 is 4.90 Å². The number of halogens is 3. The Balaban J connectivity index is 2.05. The number of pyridine rings is 1. The molecular formula is C16H14F3N4-. The number of hydrogen-bond donors (Lipinski definition) is 0. The number of anilines is 1. The molecule has 2 aromatic rings. The molecule has 4 nitrogen and oxygen atoms in total. The van der Waals surface area contributed by atoms with Gasteiger partial charge in [-0.25, -0.2) is 0 Å². The van der Waals surface area contributed by atoms with Crippen molar-refractivity contribution in [2.45, 2.75) is 18.6 Å². The molecule has 7 heteroatoms. The van der Waals surface area contributed by atoms with E-state index in [0.29, 0.717) is 22.2 Å². The van der Waals surface area contributed by atoms with Gasteiger partial charge in [-0.15, -0.1) is 6.04 Å². The van der Waals surface area contributed by atoms with Crippen LogP contribution in [0.2, 0.25) is 0 Å². The first kappa shape index (κ1) is 15.6. The molecule has 1 N–H and O–H groups in total. The fourth-order valence-electron chi connectivity index (χ4n) is 3.06. The number of nitrogens with one attached hydrogen (secondary N) is 1. The minimum atomic E-state index is -4.31. The molecule has 2 heterocycles. The average molecular weight is 319 g/mol. The van der Waals surface area contributed by atoms with Gasteiger partial charge < -0.3 is 10.6 Å². The van der Waals surface area contributed by atoms with Crippen molar-refractivity contribution in [1.82, 2.24) is 4.98 Å². The van der Waals surface area contributed by atoms with Gasteiger partial charge in [-0.2, -0.15) is 18.4 Å². The van der Waals surface area contributed by atoms with Gasteiger partial charge in [0.25, 0.3) is 0 Å². The molecule has 0 amide bonds. The number of fused-ring (bicyclic) bond motifs is 1. The molecule has 3 rings (SSSR count). The third-order valence-electron chi connectivity index (χ3n) is 4.12. The minimum absolute atomic E-state index is 0.172. The first-order chi connectivity index (χ1) is 10.9. The van der Waals surface area contributed by atoms with Gasteiger partial charge in [0.05, 0.1) is 17.0 Å². The van der Waals surface area contributed by atoms with E-state index in [0.717, 1.165) is 0 Å². The van der Waals surface area contributed by atoms with Crippen LogP contribution >= 0.6 is 0 Å². The van der Waals surface area contributed by atoms with Crippen molar-refractivity contribution >= 4 is 16.6 Å². The molecule has 1 saturated heterocycles. The molecule has 1 aromatic carbocycles. The van der Waals surface area contributed by atoms with E-state index in [2.05, 4.69) is 4.98 Å². The van der Waals surface area contributed by atoms with Crippen molar-refractivity contribution < 1.29 is 13.2 Å². The molecule has 0 unspecified atom stereocenters. The summed E-state index contributed by atoms with van der Waals surface area (Å²) in [5, 5.41) is 9.79. The Morgan fingerprint density at radius 2 is 2.04 bits per heavy atom. The predicted molar refractivity (Wildman–Crippen MR) is 80.9 cm³/mol. The fourth-order valence-corrected chi connectivity index (χ4v) is 3.06. The molecule has 120 valence electrons. The molecule has 1 aliphatic rings. The summed E-state index contributed by atoms with van der Waals surface area (Å²) in [6.45, 7) is 0.0667. The van der Waals surface area contributed by atoms with Crippen LogP contribution in [-0.2, 0) is 0 Å². The first-order valence-electron chi connectivity index (χ1n) is 7.20. The molecule has 1 aliphatic heterocycles. The molecular weight excluding hydrogens is 305 g/mol. The first-order valence-corrected chi connectivity index (χ1v) is 7.20. The highest BCUT2D eigenvalue weighted by Gasteiger charge is 2.42. The zero-order valence-electron chi connectivity index (χ0n) is 12.1. The summed E-state index contributed by atoms with van der Waals surface area (Å²) in [4.78, 5) is 5.76. The van der Waals surface area contributed by atoms with Gasteiger partial charge in [0.1, 0.15) is 6.07 Å². The lowest BCUT2D eigenvalue weighted by Crippen LogP contribution is -2.47. The van der Waals surface area contributed by atoms with E-state index >= 15 is 0 Å². The smallest absolute Gasteiger partial charge is 0.393 e. The van der Waals surface area contributed by atoms with Crippen molar-refractivity contribution in [3.8, 4) is 6.07 Å². The Morgan fingerprint density at radius 1 is 1.26 bits per heavy atom. The maximum absolute atomic E-state index is 13.1. The second-order valence-electron chi connectivity index (χ2n) is 5.72. The second kappa shape index (κ2) is 5.70. The Morgan fingerprint density at radius 3 is 2.74 bits per heavy atom. The topological polar surface area (TPSA) is 63.7 Å². The lowest BCUT2D eigenvalue weighted by Gasteiger charge is -2.42. The highest BCUT2D eigenvalue weighted by molar-refractivity contribution is 5.95. The van der Waals surface area contributed by atoms with Crippen molar-refractivity contribution in [2.75, 3.05) is 18.0 Å². The second-order valence-corrected chi connectivity index (χ2v) is 5.72. The van der Waals surface area contributed by atoms with E-state index < -0.39 is 18.1 Å². The van der Waals surface area contributed by atoms with E-state index in [9.17, 15) is 13.2 Å². The molecule has 0 saturated carbocycles. The standard InChI is InChI=1S/C16H14F3N4/c17-16(18,19)11-6-12(21)9-23(8-11)14-4-3-10(7-20)15-13(14)2-1-5-22-15/h1-5,11-12,21H,6,8-9H2/q-1/t11-,12+/m0/s1. The number of nitriles is 1. The normalized spacial score (nSPS) is 22.1. The summed E-state index contributed by atoms with van der Waals surface area (Å²) in [5.41, 5.74) is 9.30. The average Bonchev–Trinajstić information content (AvgIpc) is 2.52. The van der Waals surface area contributed by atoms with Crippen molar-refractivity contribution in [1.29, 1.82) is 5.26 Å². The Bertz CT molecular complexity index is 766. The van der Waals surface area contributed by atoms with E-state index in [1.54, 1.807) is 35.4 Å². The van der Waals surface area contributed by atoms with Crippen LogP contribution in [0.4, 0.5) is 18.9 Å². The van der Waals surface area contributed by atoms with Gasteiger partial charge in [0.2, 0.25) is 0 Å². The summed E-state index contributed by atoms with van der Waals surface area (Å²) in [7, 11) is 0. The van der Waals surface area contributed by atoms with Crippen LogP contribution in [0.1, 0.15) is 12.0 Å². The maximum Gasteiger partial charge on any atom is 0.393 e. The van der Waals surface area contributed by atoms with Gasteiger partial charge in [0.15, 0.2) is 0 Å². The summed E-state index contributed by atoms with van der Waals surface area (Å²) >= 11 is 0. The van der Waals surface area contributed by atoms with E-state index in [1.807, 2.05) is 6.07 Å². The van der Waals surface area contributed by atoms with Crippen LogP contribution in [0.5, 0.6) is 0 Å². The molecule has 1 aromatic heterocycles. The third-order valence-corrected chi connectivity index (χ3v) is 4.12. The molecule has 0 radical (unpaired) electrons. The lowest BCUT2D eigenvalue weighted by atomic mass is 9.93. The third kappa shape index (κ3) is 2.94. The highest BCUT2D eigenvalue weighted by Crippen LogP contribution is 2.37. The molecule has 0 bridgehead atoms. The number of hydrogen-bond acceptors (Lipinski definition) is 3. The lowest BCUT2D eigenvalue weighted by molar-refractivity contribution is -0.176. The fraction of sp³-hybridized carbons (Fsp3) is 0.375. The summed E-state index contributed by atoms with van der Waals surface area (Å²) in [6.07, 6.45) is -2.93. The molecule has 23 heavy (non-hydrogen) atoms. The Hall–Kier alpha value is -2.33. The number of alkyl halides is 3. The summed E-state index contributed by atoms with van der Waals surface area (Å²) in [6, 6.07) is 7.90. The van der Waals surface area contributed by atoms with Gasteiger partial charge in [0, 0.05) is 30.4 Å². The summed E-state index contributed by atoms with van der Waals surface area (Å²) < 4.78 is 39.2. The van der Waals surface area contributed by atoms with E-state index in [4.69, 9.17) is 11.0 Å². The van der Waals surface area contributed by atoms with Crippen LogP contribution in [0.15, 0.2) is 30.5 Å². The van der Waals surface area contributed by atoms with E-state index in [-0.39, 0.29) is 19.5 Å². The van der Waals surface area contributed by atoms with Crippen LogP contribution in [0.25, 0.3) is 16.6 Å². The quantitative estimate of drug-likeness (QED) is 0.800. The maximum atomic E-state index is 13.1.